The van der Waals surface area contributed by atoms with Crippen LogP contribution in [0.5, 0.6) is 5.75 Å². The Morgan fingerprint density at radius 1 is 1.09 bits per heavy atom. The van der Waals surface area contributed by atoms with E-state index in [4.69, 9.17) is 9.47 Å². The van der Waals surface area contributed by atoms with Gasteiger partial charge in [-0.1, -0.05) is 54.3 Å². The molecule has 5 nitrogen and oxygen atoms in total. The molecule has 1 aliphatic rings. The van der Waals surface area contributed by atoms with Gasteiger partial charge in [-0.15, -0.1) is 0 Å². The third-order valence-electron chi connectivity index (χ3n) is 5.71. The average molecular weight is 470 g/mol. The maximum absolute atomic E-state index is 13.4. The zero-order valence-electron chi connectivity index (χ0n) is 20.5. The zero-order chi connectivity index (χ0) is 24.8. The van der Waals surface area contributed by atoms with E-state index in [1.807, 2.05) is 49.4 Å². The number of aliphatic hydroxyl groups is 1. The molecular formula is C30H31NO4. The van der Waals surface area contributed by atoms with Crippen molar-refractivity contribution in [1.82, 2.24) is 4.90 Å². The summed E-state index contributed by atoms with van der Waals surface area (Å²) >= 11 is 0. The van der Waals surface area contributed by atoms with Crippen molar-refractivity contribution in [2.45, 2.75) is 39.0 Å². The monoisotopic (exact) mass is 469 g/mol. The van der Waals surface area contributed by atoms with E-state index >= 15 is 0 Å². The molecule has 0 fully saturated rings. The fraction of sp³-hybridized carbons (Fsp3) is 0.300. The molecule has 0 aromatic heterocycles. The Bertz CT molecular complexity index is 1230. The lowest BCUT2D eigenvalue weighted by Gasteiger charge is -2.22. The number of fused-ring (bicyclic) bond motifs is 1. The van der Waals surface area contributed by atoms with Gasteiger partial charge in [-0.3, -0.25) is 4.79 Å². The van der Waals surface area contributed by atoms with Crippen LogP contribution in [0, 0.1) is 11.8 Å². The Labute approximate surface area is 207 Å². The van der Waals surface area contributed by atoms with Crippen LogP contribution in [-0.2, 0) is 11.3 Å². The fourth-order valence-electron chi connectivity index (χ4n) is 4.07. The predicted molar refractivity (Wildman–Crippen MR) is 136 cm³/mol. The van der Waals surface area contributed by atoms with Gasteiger partial charge in [-0.05, 0) is 62.2 Å². The molecule has 1 atom stereocenters. The summed E-state index contributed by atoms with van der Waals surface area (Å²) in [7, 11) is 0. The largest absolute Gasteiger partial charge is 0.491 e. The van der Waals surface area contributed by atoms with Crippen molar-refractivity contribution in [3.05, 3.63) is 101 Å². The smallest absolute Gasteiger partial charge is 0.254 e. The van der Waals surface area contributed by atoms with Crippen LogP contribution in [0.2, 0.25) is 0 Å². The summed E-state index contributed by atoms with van der Waals surface area (Å²) in [5, 5.41) is 9.88. The van der Waals surface area contributed by atoms with Gasteiger partial charge < -0.3 is 19.5 Å². The molecule has 35 heavy (non-hydrogen) atoms. The molecule has 4 rings (SSSR count). The number of ether oxygens (including phenoxy) is 2. The lowest BCUT2D eigenvalue weighted by atomic mass is 9.98. The van der Waals surface area contributed by atoms with Crippen molar-refractivity contribution in [3.63, 3.8) is 0 Å². The summed E-state index contributed by atoms with van der Waals surface area (Å²) in [5.74, 6) is 6.45. The molecule has 0 bridgehead atoms. The molecule has 1 unspecified atom stereocenters. The Kier molecular flexibility index (Phi) is 7.55. The van der Waals surface area contributed by atoms with Gasteiger partial charge in [0.1, 0.15) is 24.1 Å². The van der Waals surface area contributed by atoms with E-state index in [2.05, 4.69) is 30.0 Å². The maximum atomic E-state index is 13.4. The van der Waals surface area contributed by atoms with E-state index in [0.29, 0.717) is 37.4 Å². The van der Waals surface area contributed by atoms with E-state index in [-0.39, 0.29) is 12.0 Å². The number of benzene rings is 3. The molecule has 1 aliphatic heterocycles. The topological polar surface area (TPSA) is 59.0 Å². The summed E-state index contributed by atoms with van der Waals surface area (Å²) in [5.41, 5.74) is 3.21. The maximum Gasteiger partial charge on any atom is 0.254 e. The number of hydrogen-bond acceptors (Lipinski definition) is 4. The normalized spacial score (nSPS) is 14.1. The van der Waals surface area contributed by atoms with Crippen LogP contribution in [0.3, 0.4) is 0 Å². The molecule has 3 aromatic rings. The van der Waals surface area contributed by atoms with Gasteiger partial charge in [0.05, 0.1) is 6.54 Å². The molecule has 0 radical (unpaired) electrons. The number of hydrogen-bond donors (Lipinski definition) is 1. The Morgan fingerprint density at radius 2 is 1.89 bits per heavy atom. The first-order valence-electron chi connectivity index (χ1n) is 11.9. The molecule has 0 saturated heterocycles. The second-order valence-electron chi connectivity index (χ2n) is 9.08. The highest BCUT2D eigenvalue weighted by atomic mass is 16.5. The molecule has 180 valence electrons. The van der Waals surface area contributed by atoms with Crippen LogP contribution in [0.25, 0.3) is 0 Å². The molecule has 3 aromatic carbocycles. The number of carbonyl (C=O) groups is 1. The van der Waals surface area contributed by atoms with Gasteiger partial charge >= 0.3 is 0 Å². The Balaban J connectivity index is 1.60. The number of carbonyl (C=O) groups excluding carboxylic acids is 1. The van der Waals surface area contributed by atoms with Crippen LogP contribution in [-0.4, -0.2) is 41.3 Å². The minimum absolute atomic E-state index is 0.0804. The standard InChI is InChI=1S/C30H31NO4/c1-4-34-28(23-10-6-5-7-11-23)24-13-14-27-26(20-24)21-31(17-18-35-27)29(32)25-12-8-9-22(19-25)15-16-30(2,3)33/h5-14,19-20,28,33H,4,17-18,21H2,1-3H3. The number of amides is 1. The summed E-state index contributed by atoms with van der Waals surface area (Å²) in [6, 6.07) is 23.4. The van der Waals surface area contributed by atoms with Crippen LogP contribution in [0.1, 0.15) is 59.5 Å². The van der Waals surface area contributed by atoms with Gasteiger partial charge in [0, 0.05) is 29.8 Å². The first-order valence-corrected chi connectivity index (χ1v) is 11.9. The van der Waals surface area contributed by atoms with Gasteiger partial charge in [-0.2, -0.15) is 0 Å². The lowest BCUT2D eigenvalue weighted by molar-refractivity contribution is 0.0733. The SMILES string of the molecule is CCOC(c1ccccc1)c1ccc2c(c1)CN(C(=O)c1cccc(C#CC(C)(C)O)c1)CCO2. The summed E-state index contributed by atoms with van der Waals surface area (Å²) < 4.78 is 12.1. The van der Waals surface area contributed by atoms with E-state index in [0.717, 1.165) is 22.4 Å². The zero-order valence-corrected chi connectivity index (χ0v) is 20.5. The molecule has 1 N–H and O–H groups in total. The second-order valence-corrected chi connectivity index (χ2v) is 9.08. The number of rotatable bonds is 5. The van der Waals surface area contributed by atoms with Gasteiger partial charge in [-0.25, -0.2) is 0 Å². The minimum Gasteiger partial charge on any atom is -0.491 e. The van der Waals surface area contributed by atoms with Crippen molar-refractivity contribution >= 4 is 5.91 Å². The molecule has 5 heteroatoms. The first kappa shape index (κ1) is 24.5. The molecule has 1 heterocycles. The third kappa shape index (κ3) is 6.30. The van der Waals surface area contributed by atoms with Crippen molar-refractivity contribution < 1.29 is 19.4 Å². The fourth-order valence-corrected chi connectivity index (χ4v) is 4.07. The lowest BCUT2D eigenvalue weighted by Crippen LogP contribution is -2.32. The van der Waals surface area contributed by atoms with Crippen molar-refractivity contribution in [2.75, 3.05) is 19.8 Å². The van der Waals surface area contributed by atoms with Crippen LogP contribution >= 0.6 is 0 Å². The molecule has 0 saturated carbocycles. The molecule has 0 spiro atoms. The van der Waals surface area contributed by atoms with Crippen LogP contribution < -0.4 is 4.74 Å². The highest BCUT2D eigenvalue weighted by Crippen LogP contribution is 2.32. The summed E-state index contributed by atoms with van der Waals surface area (Å²) in [4.78, 5) is 15.2. The van der Waals surface area contributed by atoms with Crippen molar-refractivity contribution in [2.24, 2.45) is 0 Å². The third-order valence-corrected chi connectivity index (χ3v) is 5.71. The Hall–Kier alpha value is -3.59. The van der Waals surface area contributed by atoms with E-state index < -0.39 is 5.60 Å². The molecular weight excluding hydrogens is 438 g/mol. The van der Waals surface area contributed by atoms with E-state index in [1.54, 1.807) is 30.9 Å². The predicted octanol–water partition coefficient (Wildman–Crippen LogP) is 4.97. The van der Waals surface area contributed by atoms with Crippen LogP contribution in [0.15, 0.2) is 72.8 Å². The van der Waals surface area contributed by atoms with E-state index in [9.17, 15) is 9.90 Å². The number of nitrogens with zero attached hydrogens (tertiary/aromatic N) is 1. The quantitative estimate of drug-likeness (QED) is 0.536. The van der Waals surface area contributed by atoms with Crippen molar-refractivity contribution in [3.8, 4) is 17.6 Å². The summed E-state index contributed by atoms with van der Waals surface area (Å²) in [6.07, 6.45) is -0.190. The van der Waals surface area contributed by atoms with Gasteiger partial charge in [0.25, 0.3) is 5.91 Å². The van der Waals surface area contributed by atoms with Gasteiger partial charge in [0.15, 0.2) is 0 Å². The highest BCUT2D eigenvalue weighted by Gasteiger charge is 2.23. The second kappa shape index (κ2) is 10.8. The van der Waals surface area contributed by atoms with Crippen LogP contribution in [0.4, 0.5) is 0 Å². The first-order chi connectivity index (χ1) is 16.8. The highest BCUT2D eigenvalue weighted by molar-refractivity contribution is 5.94. The molecule has 0 aliphatic carbocycles. The molecule has 1 amide bonds. The Morgan fingerprint density at radius 3 is 2.63 bits per heavy atom. The summed E-state index contributed by atoms with van der Waals surface area (Å²) in [6.45, 7) is 7.18. The van der Waals surface area contributed by atoms with E-state index in [1.165, 1.54) is 0 Å². The average Bonchev–Trinajstić information content (AvgIpc) is 3.08. The van der Waals surface area contributed by atoms with Gasteiger partial charge in [0.2, 0.25) is 0 Å². The minimum atomic E-state index is -1.09. The van der Waals surface area contributed by atoms with Crippen molar-refractivity contribution in [1.29, 1.82) is 0 Å².